The van der Waals surface area contributed by atoms with Crippen LogP contribution in [-0.2, 0) is 0 Å². The highest BCUT2D eigenvalue weighted by molar-refractivity contribution is 6.33. The Morgan fingerprint density at radius 1 is 0.344 bits per heavy atom. The van der Waals surface area contributed by atoms with E-state index in [0.29, 0.717) is 5.82 Å². The first-order chi connectivity index (χ1) is 30.3. The van der Waals surface area contributed by atoms with Gasteiger partial charge in [0, 0.05) is 60.2 Å². The van der Waals surface area contributed by atoms with E-state index in [1.54, 1.807) is 0 Å². The molecule has 0 aliphatic rings. The SMILES string of the molecule is c1ccc(-c2cccc(-n3c4ccc5oc6ccccc6c5c4c4ccc5c(c6ccccc6n5-c5ccc(-c6nc(-c7ccccc7)c7ccccc7n6)cc5)c43)c2)cc1. The van der Waals surface area contributed by atoms with Crippen molar-refractivity contribution in [2.75, 3.05) is 0 Å². The van der Waals surface area contributed by atoms with Gasteiger partial charge < -0.3 is 13.6 Å². The van der Waals surface area contributed by atoms with Crippen LogP contribution in [0.5, 0.6) is 0 Å². The normalized spacial score (nSPS) is 11.9. The van der Waals surface area contributed by atoms with Gasteiger partial charge in [-0.25, -0.2) is 9.97 Å². The Balaban J connectivity index is 1.07. The van der Waals surface area contributed by atoms with Crippen LogP contribution in [0.1, 0.15) is 0 Å². The molecule has 13 rings (SSSR count). The maximum absolute atomic E-state index is 6.49. The largest absolute Gasteiger partial charge is 0.456 e. The molecule has 5 heteroatoms. The van der Waals surface area contributed by atoms with Crippen LogP contribution in [0.25, 0.3) is 122 Å². The van der Waals surface area contributed by atoms with Crippen LogP contribution < -0.4 is 0 Å². The molecule has 0 fully saturated rings. The molecule has 0 saturated heterocycles. The molecule has 0 unspecified atom stereocenters. The van der Waals surface area contributed by atoms with Crippen molar-refractivity contribution in [1.29, 1.82) is 0 Å². The topological polar surface area (TPSA) is 48.8 Å². The molecule has 0 N–H and O–H groups in total. The number of hydrogen-bond acceptors (Lipinski definition) is 3. The van der Waals surface area contributed by atoms with E-state index in [1.165, 1.54) is 38.2 Å². The molecule has 5 nitrogen and oxygen atoms in total. The van der Waals surface area contributed by atoms with Crippen molar-refractivity contribution in [2.45, 2.75) is 0 Å². The Morgan fingerprint density at radius 2 is 1.02 bits per heavy atom. The maximum atomic E-state index is 6.49. The summed E-state index contributed by atoms with van der Waals surface area (Å²) in [6.07, 6.45) is 0. The molecule has 4 aromatic heterocycles. The summed E-state index contributed by atoms with van der Waals surface area (Å²) in [5.41, 5.74) is 14.8. The first kappa shape index (κ1) is 33.7. The van der Waals surface area contributed by atoms with Gasteiger partial charge in [0.25, 0.3) is 0 Å². The van der Waals surface area contributed by atoms with Crippen LogP contribution in [0.4, 0.5) is 0 Å². The fourth-order valence-electron chi connectivity index (χ4n) is 9.64. The number of rotatable bonds is 5. The third-order valence-electron chi connectivity index (χ3n) is 12.3. The summed E-state index contributed by atoms with van der Waals surface area (Å²) in [4.78, 5) is 10.2. The molecule has 0 radical (unpaired) electrons. The van der Waals surface area contributed by atoms with E-state index in [1.807, 2.05) is 24.3 Å². The zero-order valence-electron chi connectivity index (χ0n) is 32.8. The summed E-state index contributed by atoms with van der Waals surface area (Å²) in [7, 11) is 0. The van der Waals surface area contributed by atoms with Crippen molar-refractivity contribution >= 4 is 76.5 Å². The summed E-state index contributed by atoms with van der Waals surface area (Å²) in [6, 6.07) is 73.1. The van der Waals surface area contributed by atoms with Gasteiger partial charge in [-0.2, -0.15) is 0 Å². The molecule has 0 amide bonds. The second-order valence-corrected chi connectivity index (χ2v) is 15.7. The molecular weight excluding hydrogens is 745 g/mol. The van der Waals surface area contributed by atoms with Gasteiger partial charge in [-0.05, 0) is 83.9 Å². The molecule has 9 aromatic carbocycles. The lowest BCUT2D eigenvalue weighted by Gasteiger charge is -2.12. The number of furan rings is 1. The van der Waals surface area contributed by atoms with Crippen molar-refractivity contribution in [2.24, 2.45) is 0 Å². The Hall–Kier alpha value is -8.28. The lowest BCUT2D eigenvalue weighted by Crippen LogP contribution is -1.97. The van der Waals surface area contributed by atoms with E-state index in [0.717, 1.165) is 77.6 Å². The van der Waals surface area contributed by atoms with Crippen molar-refractivity contribution < 1.29 is 4.42 Å². The van der Waals surface area contributed by atoms with Crippen molar-refractivity contribution in [1.82, 2.24) is 19.1 Å². The lowest BCUT2D eigenvalue weighted by atomic mass is 10.0. The molecular formula is C56H34N4O. The molecule has 0 saturated carbocycles. The van der Waals surface area contributed by atoms with Gasteiger partial charge in [-0.3, -0.25) is 0 Å². The van der Waals surface area contributed by atoms with Gasteiger partial charge in [0.05, 0.1) is 33.3 Å². The minimum atomic E-state index is 0.702. The highest BCUT2D eigenvalue weighted by Crippen LogP contribution is 2.46. The standard InChI is InChI=1S/C56H34N4O/c1-3-14-35(15-4-1)38-18-13-19-40(34-38)60-47-32-33-50-53(43-22-9-12-25-49(43)61-50)51(47)44-30-31-48-52(55(44)60)42-21-8-11-24-46(42)59(48)39-28-26-37(27-29-39)56-57-45-23-10-7-20-41(45)54(58-56)36-16-5-2-6-17-36/h1-34H. The van der Waals surface area contributed by atoms with Gasteiger partial charge in [0.1, 0.15) is 11.2 Å². The van der Waals surface area contributed by atoms with Crippen LogP contribution in [0.3, 0.4) is 0 Å². The summed E-state index contributed by atoms with van der Waals surface area (Å²) < 4.78 is 11.4. The predicted molar refractivity (Wildman–Crippen MR) is 252 cm³/mol. The molecule has 0 aliphatic heterocycles. The van der Waals surface area contributed by atoms with Gasteiger partial charge in [0.15, 0.2) is 5.82 Å². The van der Waals surface area contributed by atoms with E-state index in [2.05, 4.69) is 191 Å². The van der Waals surface area contributed by atoms with Gasteiger partial charge in [0.2, 0.25) is 0 Å². The number of benzene rings is 9. The maximum Gasteiger partial charge on any atom is 0.160 e. The highest BCUT2D eigenvalue weighted by atomic mass is 16.3. The smallest absolute Gasteiger partial charge is 0.160 e. The van der Waals surface area contributed by atoms with Crippen LogP contribution in [0.2, 0.25) is 0 Å². The highest BCUT2D eigenvalue weighted by Gasteiger charge is 2.24. The minimum absolute atomic E-state index is 0.702. The summed E-state index contributed by atoms with van der Waals surface area (Å²) in [5.74, 6) is 0.702. The monoisotopic (exact) mass is 778 g/mol. The summed E-state index contributed by atoms with van der Waals surface area (Å²) in [5, 5.41) is 8.06. The van der Waals surface area contributed by atoms with Crippen molar-refractivity contribution in [3.8, 4) is 45.1 Å². The zero-order chi connectivity index (χ0) is 40.0. The molecule has 0 aliphatic carbocycles. The molecule has 61 heavy (non-hydrogen) atoms. The third kappa shape index (κ3) is 5.08. The molecule has 4 heterocycles. The van der Waals surface area contributed by atoms with Gasteiger partial charge in [-0.15, -0.1) is 0 Å². The fourth-order valence-corrected chi connectivity index (χ4v) is 9.64. The third-order valence-corrected chi connectivity index (χ3v) is 12.3. The van der Waals surface area contributed by atoms with Gasteiger partial charge in [-0.1, -0.05) is 133 Å². The molecule has 0 bridgehead atoms. The Kier molecular flexibility index (Phi) is 7.24. The van der Waals surface area contributed by atoms with E-state index in [9.17, 15) is 0 Å². The minimum Gasteiger partial charge on any atom is -0.456 e. The first-order valence-electron chi connectivity index (χ1n) is 20.7. The molecule has 13 aromatic rings. The molecule has 0 spiro atoms. The first-order valence-corrected chi connectivity index (χ1v) is 20.7. The van der Waals surface area contributed by atoms with Crippen LogP contribution in [0, 0.1) is 0 Å². The second-order valence-electron chi connectivity index (χ2n) is 15.7. The van der Waals surface area contributed by atoms with Crippen LogP contribution >= 0.6 is 0 Å². The Morgan fingerprint density at radius 3 is 1.85 bits per heavy atom. The summed E-state index contributed by atoms with van der Waals surface area (Å²) >= 11 is 0. The number of aromatic nitrogens is 4. The van der Waals surface area contributed by atoms with Crippen molar-refractivity contribution in [3.63, 3.8) is 0 Å². The van der Waals surface area contributed by atoms with Crippen LogP contribution in [-0.4, -0.2) is 19.1 Å². The van der Waals surface area contributed by atoms with E-state index in [4.69, 9.17) is 14.4 Å². The summed E-state index contributed by atoms with van der Waals surface area (Å²) in [6.45, 7) is 0. The molecule has 0 atom stereocenters. The zero-order valence-corrected chi connectivity index (χ0v) is 32.8. The number of para-hydroxylation sites is 3. The Labute approximate surface area is 350 Å². The Bertz CT molecular complexity index is 3860. The quantitative estimate of drug-likeness (QED) is 0.175. The average Bonchev–Trinajstić information content (AvgIpc) is 3.99. The fraction of sp³-hybridized carbons (Fsp3) is 0. The van der Waals surface area contributed by atoms with Gasteiger partial charge >= 0.3 is 0 Å². The second kappa shape index (κ2) is 13.1. The predicted octanol–water partition coefficient (Wildman–Crippen LogP) is 14.7. The lowest BCUT2D eigenvalue weighted by molar-refractivity contribution is 0.669. The van der Waals surface area contributed by atoms with Crippen molar-refractivity contribution in [3.05, 3.63) is 206 Å². The molecule has 284 valence electrons. The average molecular weight is 779 g/mol. The van der Waals surface area contributed by atoms with E-state index >= 15 is 0 Å². The number of fused-ring (bicyclic) bond motifs is 12. The van der Waals surface area contributed by atoms with Crippen LogP contribution in [0.15, 0.2) is 211 Å². The van der Waals surface area contributed by atoms with E-state index in [-0.39, 0.29) is 0 Å². The van der Waals surface area contributed by atoms with E-state index < -0.39 is 0 Å². The number of nitrogens with zero attached hydrogens (tertiary/aromatic N) is 4. The number of hydrogen-bond donors (Lipinski definition) is 0.